The first-order valence-electron chi connectivity index (χ1n) is 20.5. The normalized spacial score (nSPS) is 11.6. The zero-order valence-corrected chi connectivity index (χ0v) is 33.4. The molecule has 0 saturated carbocycles. The van der Waals surface area contributed by atoms with Crippen molar-refractivity contribution in [2.75, 3.05) is 9.80 Å². The predicted octanol–water partition coefficient (Wildman–Crippen LogP) is 16.4. The fraction of sp³-hybridized carbons (Fsp3) is 0.0526. The number of fused-ring (bicyclic) bond motifs is 6. The number of aryl methyl sites for hydroxylation is 3. The van der Waals surface area contributed by atoms with E-state index in [0.29, 0.717) is 0 Å². The molecule has 0 fully saturated rings. The van der Waals surface area contributed by atoms with Gasteiger partial charge in [-0.2, -0.15) is 0 Å². The Morgan fingerprint density at radius 1 is 0.271 bits per heavy atom. The SMILES string of the molecule is Cc1cc(C)c(-c2cc3c4ccc(N(c5ccccc5)c5ccccc5)cc4c4cccc5c6cc(N(c7ccccc7)c7ccccc7)ccc6c(c2)c3c45)c(C)c1. The maximum Gasteiger partial charge on any atom is 0.0468 e. The van der Waals surface area contributed by atoms with Crippen LogP contribution in [0.2, 0.25) is 0 Å². The summed E-state index contributed by atoms with van der Waals surface area (Å²) >= 11 is 0. The van der Waals surface area contributed by atoms with Crippen molar-refractivity contribution < 1.29 is 0 Å². The van der Waals surface area contributed by atoms with Crippen molar-refractivity contribution >= 4 is 88.0 Å². The molecule has 11 aromatic rings. The van der Waals surface area contributed by atoms with Crippen LogP contribution in [0.4, 0.5) is 34.1 Å². The third kappa shape index (κ3) is 5.71. The maximum absolute atomic E-state index is 2.47. The largest absolute Gasteiger partial charge is 0.310 e. The fourth-order valence-corrected chi connectivity index (χ4v) is 9.85. The van der Waals surface area contributed by atoms with Gasteiger partial charge in [0.1, 0.15) is 0 Å². The maximum atomic E-state index is 2.47. The zero-order valence-electron chi connectivity index (χ0n) is 33.4. The van der Waals surface area contributed by atoms with Crippen LogP contribution in [0, 0.1) is 20.8 Å². The molecule has 0 aliphatic heterocycles. The first-order valence-corrected chi connectivity index (χ1v) is 20.5. The second-order valence-corrected chi connectivity index (χ2v) is 15.9. The monoisotopic (exact) mass is 754 g/mol. The van der Waals surface area contributed by atoms with E-state index >= 15 is 0 Å². The Hall–Kier alpha value is -7.42. The van der Waals surface area contributed by atoms with Gasteiger partial charge in [-0.25, -0.2) is 0 Å². The van der Waals surface area contributed by atoms with Crippen LogP contribution in [-0.2, 0) is 0 Å². The van der Waals surface area contributed by atoms with Gasteiger partial charge in [0.25, 0.3) is 0 Å². The zero-order chi connectivity index (χ0) is 39.6. The van der Waals surface area contributed by atoms with Crippen LogP contribution >= 0.6 is 0 Å². The van der Waals surface area contributed by atoms with Gasteiger partial charge in [0, 0.05) is 34.1 Å². The second-order valence-electron chi connectivity index (χ2n) is 15.9. The fourth-order valence-electron chi connectivity index (χ4n) is 9.85. The average Bonchev–Trinajstić information content (AvgIpc) is 3.27. The van der Waals surface area contributed by atoms with E-state index in [9.17, 15) is 0 Å². The van der Waals surface area contributed by atoms with Gasteiger partial charge in [0.05, 0.1) is 0 Å². The van der Waals surface area contributed by atoms with Gasteiger partial charge in [0.2, 0.25) is 0 Å². The first kappa shape index (κ1) is 34.8. The van der Waals surface area contributed by atoms with E-state index in [0.717, 1.165) is 34.1 Å². The van der Waals surface area contributed by atoms with Gasteiger partial charge in [-0.3, -0.25) is 0 Å². The van der Waals surface area contributed by atoms with Crippen LogP contribution in [0.15, 0.2) is 200 Å². The topological polar surface area (TPSA) is 6.48 Å². The standard InChI is InChI=1S/C57H42N2/c1-37-31-38(2)55(39(3)32-37)40-33-53-47-29-27-45(58(41-17-8-4-9-18-41)42-19-10-5-11-20-42)35-51(47)49-25-16-26-50-52-36-46(28-30-48(52)54(34-40)57(53)56(49)50)59(43-21-12-6-13-22-43)44-23-14-7-15-24-44/h4-36H,1-3H3. The van der Waals surface area contributed by atoms with E-state index < -0.39 is 0 Å². The Bertz CT molecular complexity index is 3040. The smallest absolute Gasteiger partial charge is 0.0468 e. The molecule has 280 valence electrons. The number of nitrogens with zero attached hydrogens (tertiary/aromatic N) is 2. The number of rotatable bonds is 7. The Balaban J connectivity index is 1.26. The molecular formula is C57H42N2. The van der Waals surface area contributed by atoms with Gasteiger partial charge in [0.15, 0.2) is 0 Å². The molecule has 11 aromatic carbocycles. The summed E-state index contributed by atoms with van der Waals surface area (Å²) in [5.41, 5.74) is 13.2. The number of hydrogen-bond donors (Lipinski definition) is 0. The van der Waals surface area contributed by atoms with Crippen molar-refractivity contribution in [1.82, 2.24) is 0 Å². The lowest BCUT2D eigenvalue weighted by Crippen LogP contribution is -2.09. The molecule has 0 heterocycles. The lowest BCUT2D eigenvalue weighted by molar-refractivity contribution is 1.29. The molecular weight excluding hydrogens is 713 g/mol. The van der Waals surface area contributed by atoms with Crippen LogP contribution in [0.5, 0.6) is 0 Å². The summed E-state index contributed by atoms with van der Waals surface area (Å²) in [6, 6.07) is 73.5. The summed E-state index contributed by atoms with van der Waals surface area (Å²) in [5, 5.41) is 12.8. The summed E-state index contributed by atoms with van der Waals surface area (Å²) in [5.74, 6) is 0. The van der Waals surface area contributed by atoms with Gasteiger partial charge >= 0.3 is 0 Å². The van der Waals surface area contributed by atoms with E-state index in [1.165, 1.54) is 81.7 Å². The Morgan fingerprint density at radius 2 is 0.644 bits per heavy atom. The molecule has 0 saturated heterocycles. The lowest BCUT2D eigenvalue weighted by Gasteiger charge is -2.27. The highest BCUT2D eigenvalue weighted by molar-refractivity contribution is 6.40. The van der Waals surface area contributed by atoms with Crippen LogP contribution in [0.1, 0.15) is 16.7 Å². The molecule has 0 aromatic heterocycles. The van der Waals surface area contributed by atoms with E-state index in [4.69, 9.17) is 0 Å². The van der Waals surface area contributed by atoms with Crippen molar-refractivity contribution in [2.45, 2.75) is 20.8 Å². The minimum absolute atomic E-state index is 1.13. The van der Waals surface area contributed by atoms with E-state index in [2.05, 4.69) is 231 Å². The quantitative estimate of drug-likeness (QED) is 0.118. The van der Waals surface area contributed by atoms with Crippen LogP contribution < -0.4 is 9.80 Å². The molecule has 0 aliphatic rings. The number of benzene rings is 11. The molecule has 2 heteroatoms. The Kier molecular flexibility index (Phi) is 8.20. The van der Waals surface area contributed by atoms with Gasteiger partial charge in [-0.05, 0) is 182 Å². The number of hydrogen-bond acceptors (Lipinski definition) is 2. The molecule has 59 heavy (non-hydrogen) atoms. The molecule has 2 nitrogen and oxygen atoms in total. The third-order valence-corrected chi connectivity index (χ3v) is 12.2. The molecule has 0 spiro atoms. The summed E-state index contributed by atoms with van der Waals surface area (Å²) in [4.78, 5) is 4.74. The van der Waals surface area contributed by atoms with Crippen molar-refractivity contribution in [3.63, 3.8) is 0 Å². The average molecular weight is 755 g/mol. The molecule has 11 rings (SSSR count). The number of para-hydroxylation sites is 4. The highest BCUT2D eigenvalue weighted by atomic mass is 15.1. The minimum Gasteiger partial charge on any atom is -0.310 e. The molecule has 0 N–H and O–H groups in total. The molecule has 0 amide bonds. The minimum atomic E-state index is 1.13. The second kappa shape index (κ2) is 13.9. The Morgan fingerprint density at radius 3 is 1.03 bits per heavy atom. The molecule has 0 unspecified atom stereocenters. The summed E-state index contributed by atoms with van der Waals surface area (Å²) in [6.45, 7) is 6.72. The highest BCUT2D eigenvalue weighted by Gasteiger charge is 2.22. The third-order valence-electron chi connectivity index (χ3n) is 12.2. The van der Waals surface area contributed by atoms with Gasteiger partial charge in [-0.1, -0.05) is 121 Å². The number of anilines is 6. The summed E-state index contributed by atoms with van der Waals surface area (Å²) < 4.78 is 0. The van der Waals surface area contributed by atoms with Crippen LogP contribution in [0.3, 0.4) is 0 Å². The van der Waals surface area contributed by atoms with Crippen molar-refractivity contribution in [3.8, 4) is 11.1 Å². The van der Waals surface area contributed by atoms with Crippen molar-refractivity contribution in [3.05, 3.63) is 217 Å². The lowest BCUT2D eigenvalue weighted by atomic mass is 9.83. The van der Waals surface area contributed by atoms with Gasteiger partial charge in [-0.15, -0.1) is 0 Å². The molecule has 0 radical (unpaired) electrons. The summed E-state index contributed by atoms with van der Waals surface area (Å²) in [7, 11) is 0. The highest BCUT2D eigenvalue weighted by Crippen LogP contribution is 2.49. The van der Waals surface area contributed by atoms with E-state index in [1.54, 1.807) is 0 Å². The van der Waals surface area contributed by atoms with Crippen LogP contribution in [0.25, 0.3) is 65.0 Å². The van der Waals surface area contributed by atoms with Crippen LogP contribution in [-0.4, -0.2) is 0 Å². The van der Waals surface area contributed by atoms with E-state index in [1.807, 2.05) is 0 Å². The summed E-state index contributed by atoms with van der Waals surface area (Å²) in [6.07, 6.45) is 0. The molecule has 0 atom stereocenters. The molecule has 0 aliphatic carbocycles. The van der Waals surface area contributed by atoms with Crippen molar-refractivity contribution in [2.24, 2.45) is 0 Å². The van der Waals surface area contributed by atoms with Gasteiger partial charge < -0.3 is 9.80 Å². The predicted molar refractivity (Wildman–Crippen MR) is 254 cm³/mol. The Labute approximate surface area is 345 Å². The van der Waals surface area contributed by atoms with E-state index in [-0.39, 0.29) is 0 Å². The first-order chi connectivity index (χ1) is 29.0. The molecule has 0 bridgehead atoms. The van der Waals surface area contributed by atoms with Crippen molar-refractivity contribution in [1.29, 1.82) is 0 Å².